The van der Waals surface area contributed by atoms with E-state index in [0.29, 0.717) is 11.4 Å². The van der Waals surface area contributed by atoms with Crippen molar-refractivity contribution in [3.63, 3.8) is 0 Å². The van der Waals surface area contributed by atoms with Gasteiger partial charge in [0, 0.05) is 38.6 Å². The lowest BCUT2D eigenvalue weighted by molar-refractivity contribution is -0.114. The van der Waals surface area contributed by atoms with Gasteiger partial charge in [0.25, 0.3) is 0 Å². The van der Waals surface area contributed by atoms with Crippen LogP contribution in [0.5, 0.6) is 0 Å². The van der Waals surface area contributed by atoms with E-state index in [2.05, 4.69) is 48.2 Å². The molecule has 0 aliphatic carbocycles. The van der Waals surface area contributed by atoms with Crippen molar-refractivity contribution in [2.75, 3.05) is 5.32 Å². The van der Waals surface area contributed by atoms with Crippen LogP contribution in [0.3, 0.4) is 0 Å². The van der Waals surface area contributed by atoms with Gasteiger partial charge in [0.15, 0.2) is 0 Å². The molecule has 3 aromatic rings. The number of carbonyl (C=O) groups excluding carboxylic acids is 1. The normalized spacial score (nSPS) is 10.1. The SMILES string of the molecule is CC.CC(=O)Nc1cn(C)nc1-c1nc(C)c(C)c(C)c1C.Cc1nn(C)c(C)c1C. The molecule has 31 heavy (non-hydrogen) atoms. The number of amides is 1. The summed E-state index contributed by atoms with van der Waals surface area (Å²) >= 11 is 0. The predicted octanol–water partition coefficient (Wildman–Crippen LogP) is 5.05. The van der Waals surface area contributed by atoms with Crippen molar-refractivity contribution in [2.24, 2.45) is 14.1 Å². The van der Waals surface area contributed by atoms with Crippen LogP contribution in [0, 0.1) is 48.5 Å². The Balaban J connectivity index is 0.000000365. The Morgan fingerprint density at radius 3 is 1.81 bits per heavy atom. The van der Waals surface area contributed by atoms with Gasteiger partial charge in [-0.2, -0.15) is 10.2 Å². The maximum Gasteiger partial charge on any atom is 0.221 e. The largest absolute Gasteiger partial charge is 0.323 e. The molecule has 7 nitrogen and oxygen atoms in total. The second kappa shape index (κ2) is 10.9. The Hall–Kier alpha value is -2.96. The van der Waals surface area contributed by atoms with Gasteiger partial charge in [-0.3, -0.25) is 19.1 Å². The second-order valence-corrected chi connectivity index (χ2v) is 7.59. The Bertz CT molecular complexity index is 1040. The van der Waals surface area contributed by atoms with Crippen LogP contribution in [-0.2, 0) is 18.9 Å². The standard InChI is InChI=1S/C15H20N4O.C7H12N2.C2H6/c1-8-9(2)11(4)16-14(10(8)3)15-13(17-12(5)20)7-19(6)18-15;1-5-6(2)8-9(4)7(5)3;1-2/h7H,1-6H3,(H,17,20);1-4H3;1-2H3. The summed E-state index contributed by atoms with van der Waals surface area (Å²) in [7, 11) is 3.80. The van der Waals surface area contributed by atoms with Crippen molar-refractivity contribution in [1.29, 1.82) is 0 Å². The maximum atomic E-state index is 11.3. The molecule has 0 spiro atoms. The Kier molecular flexibility index (Phi) is 9.16. The zero-order valence-corrected chi connectivity index (χ0v) is 21.2. The first-order chi connectivity index (χ1) is 14.4. The van der Waals surface area contributed by atoms with Crippen LogP contribution in [0.1, 0.15) is 60.1 Å². The van der Waals surface area contributed by atoms with Crippen molar-refractivity contribution in [2.45, 2.75) is 69.2 Å². The molecule has 170 valence electrons. The monoisotopic (exact) mass is 426 g/mol. The lowest BCUT2D eigenvalue weighted by Gasteiger charge is -2.12. The number of aromatic nitrogens is 5. The first kappa shape index (κ1) is 26.1. The summed E-state index contributed by atoms with van der Waals surface area (Å²) in [5.41, 5.74) is 10.4. The molecule has 0 atom stereocenters. The van der Waals surface area contributed by atoms with Gasteiger partial charge in [-0.05, 0) is 70.7 Å². The number of carbonyl (C=O) groups is 1. The smallest absolute Gasteiger partial charge is 0.221 e. The average Bonchev–Trinajstić information content (AvgIpc) is 3.18. The minimum atomic E-state index is -0.113. The minimum Gasteiger partial charge on any atom is -0.323 e. The topological polar surface area (TPSA) is 77.6 Å². The highest BCUT2D eigenvalue weighted by atomic mass is 16.1. The summed E-state index contributed by atoms with van der Waals surface area (Å²) in [6, 6.07) is 0. The zero-order chi connectivity index (χ0) is 24.0. The van der Waals surface area contributed by atoms with Crippen LogP contribution in [0.2, 0.25) is 0 Å². The third kappa shape index (κ3) is 6.03. The highest BCUT2D eigenvalue weighted by Crippen LogP contribution is 2.30. The molecule has 1 amide bonds. The molecule has 0 unspecified atom stereocenters. The Labute approximate surface area is 186 Å². The molecule has 0 aromatic carbocycles. The maximum absolute atomic E-state index is 11.3. The molecule has 3 heterocycles. The van der Waals surface area contributed by atoms with Crippen molar-refractivity contribution >= 4 is 11.6 Å². The molecule has 3 aromatic heterocycles. The Morgan fingerprint density at radius 2 is 1.39 bits per heavy atom. The summed E-state index contributed by atoms with van der Waals surface area (Å²) in [5.74, 6) is -0.113. The van der Waals surface area contributed by atoms with Crippen LogP contribution < -0.4 is 5.32 Å². The molecule has 0 bridgehead atoms. The van der Waals surface area contributed by atoms with Crippen molar-refractivity contribution in [3.8, 4) is 11.4 Å². The molecule has 0 radical (unpaired) electrons. The molecule has 3 rings (SSSR count). The van der Waals surface area contributed by atoms with E-state index in [0.717, 1.165) is 22.6 Å². The van der Waals surface area contributed by atoms with E-state index in [4.69, 9.17) is 0 Å². The molecule has 0 fully saturated rings. The van der Waals surface area contributed by atoms with E-state index < -0.39 is 0 Å². The summed E-state index contributed by atoms with van der Waals surface area (Å²) in [5, 5.41) is 11.5. The van der Waals surface area contributed by atoms with Gasteiger partial charge in [0.1, 0.15) is 5.69 Å². The number of hydrogen-bond donors (Lipinski definition) is 1. The van der Waals surface area contributed by atoms with E-state index in [1.807, 2.05) is 53.4 Å². The van der Waals surface area contributed by atoms with Crippen molar-refractivity contribution in [3.05, 3.63) is 45.5 Å². The van der Waals surface area contributed by atoms with E-state index in [1.54, 1.807) is 10.9 Å². The number of anilines is 1. The average molecular weight is 427 g/mol. The fourth-order valence-corrected chi connectivity index (χ4v) is 3.12. The first-order valence-electron chi connectivity index (χ1n) is 10.7. The molecular weight excluding hydrogens is 388 g/mol. The number of pyridine rings is 1. The number of nitrogens with zero attached hydrogens (tertiary/aromatic N) is 5. The number of hydrogen-bond acceptors (Lipinski definition) is 4. The zero-order valence-electron chi connectivity index (χ0n) is 21.2. The first-order valence-corrected chi connectivity index (χ1v) is 10.7. The number of rotatable bonds is 2. The fourth-order valence-electron chi connectivity index (χ4n) is 3.12. The van der Waals surface area contributed by atoms with Gasteiger partial charge >= 0.3 is 0 Å². The lowest BCUT2D eigenvalue weighted by atomic mass is 10.0. The van der Waals surface area contributed by atoms with Crippen LogP contribution >= 0.6 is 0 Å². The van der Waals surface area contributed by atoms with Gasteiger partial charge in [0.2, 0.25) is 5.91 Å². The summed E-state index contributed by atoms with van der Waals surface area (Å²) < 4.78 is 3.59. The van der Waals surface area contributed by atoms with Gasteiger partial charge in [-0.25, -0.2) is 0 Å². The van der Waals surface area contributed by atoms with E-state index in [9.17, 15) is 4.79 Å². The molecule has 0 saturated heterocycles. The van der Waals surface area contributed by atoms with Crippen molar-refractivity contribution < 1.29 is 4.79 Å². The van der Waals surface area contributed by atoms with E-state index >= 15 is 0 Å². The highest BCUT2D eigenvalue weighted by Gasteiger charge is 2.17. The van der Waals surface area contributed by atoms with E-state index in [1.165, 1.54) is 29.3 Å². The molecule has 0 saturated carbocycles. The fraction of sp³-hybridized carbons (Fsp3) is 0.500. The Morgan fingerprint density at radius 1 is 0.806 bits per heavy atom. The lowest BCUT2D eigenvalue weighted by Crippen LogP contribution is -2.07. The number of nitrogens with one attached hydrogen (secondary N) is 1. The van der Waals surface area contributed by atoms with Crippen LogP contribution in [-0.4, -0.2) is 30.5 Å². The molecular formula is C24H38N6O. The third-order valence-electron chi connectivity index (χ3n) is 5.54. The molecule has 1 N–H and O–H groups in total. The second-order valence-electron chi connectivity index (χ2n) is 7.59. The number of aryl methyl sites for hydroxylation is 4. The van der Waals surface area contributed by atoms with Gasteiger partial charge in [-0.1, -0.05) is 13.8 Å². The van der Waals surface area contributed by atoms with Gasteiger partial charge < -0.3 is 5.32 Å². The predicted molar refractivity (Wildman–Crippen MR) is 128 cm³/mol. The molecule has 0 aliphatic rings. The summed E-state index contributed by atoms with van der Waals surface area (Å²) in [6.45, 7) is 19.9. The quantitative estimate of drug-likeness (QED) is 0.622. The molecule has 0 aliphatic heterocycles. The third-order valence-corrected chi connectivity index (χ3v) is 5.54. The highest BCUT2D eigenvalue weighted by molar-refractivity contribution is 5.92. The van der Waals surface area contributed by atoms with Crippen LogP contribution in [0.15, 0.2) is 6.20 Å². The molecule has 7 heteroatoms. The summed E-state index contributed by atoms with van der Waals surface area (Å²) in [6.07, 6.45) is 1.79. The minimum absolute atomic E-state index is 0.113. The van der Waals surface area contributed by atoms with Crippen molar-refractivity contribution in [1.82, 2.24) is 24.5 Å². The van der Waals surface area contributed by atoms with E-state index in [-0.39, 0.29) is 5.91 Å². The van der Waals surface area contributed by atoms with Gasteiger partial charge in [-0.15, -0.1) is 0 Å². The van der Waals surface area contributed by atoms with Crippen LogP contribution in [0.25, 0.3) is 11.4 Å². The summed E-state index contributed by atoms with van der Waals surface area (Å²) in [4.78, 5) is 16.0. The van der Waals surface area contributed by atoms with Crippen LogP contribution in [0.4, 0.5) is 5.69 Å². The van der Waals surface area contributed by atoms with Gasteiger partial charge in [0.05, 0.1) is 17.1 Å².